The van der Waals surface area contributed by atoms with Gasteiger partial charge < -0.3 is 9.64 Å². The molecule has 1 heterocycles. The number of unbranched alkanes of at least 4 members (excludes halogenated alkanes) is 3. The van der Waals surface area contributed by atoms with Crippen LogP contribution in [0.25, 0.3) is 0 Å². The van der Waals surface area contributed by atoms with Gasteiger partial charge in [0.2, 0.25) is 0 Å². The van der Waals surface area contributed by atoms with Crippen LogP contribution in [0.4, 0.5) is 0 Å². The van der Waals surface area contributed by atoms with Crippen molar-refractivity contribution in [3.63, 3.8) is 0 Å². The van der Waals surface area contributed by atoms with Crippen LogP contribution < -0.4 is 0 Å². The van der Waals surface area contributed by atoms with E-state index in [4.69, 9.17) is 16.3 Å². The Morgan fingerprint density at radius 1 is 1.25 bits per heavy atom. The predicted molar refractivity (Wildman–Crippen MR) is 70.2 cm³/mol. The van der Waals surface area contributed by atoms with E-state index in [-0.39, 0.29) is 0 Å². The molecule has 0 aliphatic carbocycles. The zero-order valence-electron chi connectivity index (χ0n) is 10.6. The highest BCUT2D eigenvalue weighted by atomic mass is 35.5. The molecule has 0 saturated carbocycles. The molecule has 16 heavy (non-hydrogen) atoms. The molecule has 1 aliphatic rings. The zero-order valence-corrected chi connectivity index (χ0v) is 11.3. The number of piperidine rings is 1. The van der Waals surface area contributed by atoms with Gasteiger partial charge in [-0.3, -0.25) is 0 Å². The van der Waals surface area contributed by atoms with Crippen LogP contribution in [0.1, 0.15) is 38.5 Å². The van der Waals surface area contributed by atoms with Crippen molar-refractivity contribution in [2.45, 2.75) is 38.5 Å². The standard InChI is InChI=1S/C13H26ClNO/c1-16-12-13-7-6-10-15(11-13)9-5-3-2-4-8-14/h13H,2-12H2,1H3. The molecule has 96 valence electrons. The van der Waals surface area contributed by atoms with Gasteiger partial charge in [0, 0.05) is 19.5 Å². The molecule has 0 N–H and O–H groups in total. The minimum atomic E-state index is 0.765. The molecule has 1 unspecified atom stereocenters. The van der Waals surface area contributed by atoms with Gasteiger partial charge in [0.1, 0.15) is 0 Å². The monoisotopic (exact) mass is 247 g/mol. The number of hydrogen-bond acceptors (Lipinski definition) is 2. The van der Waals surface area contributed by atoms with E-state index >= 15 is 0 Å². The molecule has 1 saturated heterocycles. The van der Waals surface area contributed by atoms with Gasteiger partial charge >= 0.3 is 0 Å². The van der Waals surface area contributed by atoms with Crippen LogP contribution in [0.5, 0.6) is 0 Å². The summed E-state index contributed by atoms with van der Waals surface area (Å²) in [5.41, 5.74) is 0. The average Bonchev–Trinajstić information content (AvgIpc) is 2.30. The average molecular weight is 248 g/mol. The van der Waals surface area contributed by atoms with Crippen molar-refractivity contribution in [1.82, 2.24) is 4.90 Å². The van der Waals surface area contributed by atoms with Crippen LogP contribution in [0.3, 0.4) is 0 Å². The molecular formula is C13H26ClNO. The fraction of sp³-hybridized carbons (Fsp3) is 1.00. The van der Waals surface area contributed by atoms with E-state index < -0.39 is 0 Å². The van der Waals surface area contributed by atoms with Crippen LogP contribution in [0.15, 0.2) is 0 Å². The van der Waals surface area contributed by atoms with Gasteiger partial charge in [-0.05, 0) is 44.7 Å². The summed E-state index contributed by atoms with van der Waals surface area (Å²) >= 11 is 5.66. The maximum absolute atomic E-state index is 5.66. The van der Waals surface area contributed by atoms with Gasteiger partial charge in [-0.15, -0.1) is 11.6 Å². The third-order valence-corrected chi connectivity index (χ3v) is 3.63. The minimum absolute atomic E-state index is 0.765. The Hall–Kier alpha value is 0.210. The van der Waals surface area contributed by atoms with Crippen LogP contribution >= 0.6 is 11.6 Å². The Balaban J connectivity index is 2.02. The number of alkyl halides is 1. The summed E-state index contributed by atoms with van der Waals surface area (Å²) in [5, 5.41) is 0. The first-order valence-electron chi connectivity index (χ1n) is 6.64. The molecule has 0 aromatic carbocycles. The highest BCUT2D eigenvalue weighted by Gasteiger charge is 2.18. The van der Waals surface area contributed by atoms with Crippen molar-refractivity contribution >= 4 is 11.6 Å². The lowest BCUT2D eigenvalue weighted by Gasteiger charge is -2.32. The molecule has 2 nitrogen and oxygen atoms in total. The summed E-state index contributed by atoms with van der Waals surface area (Å²) < 4.78 is 5.25. The van der Waals surface area contributed by atoms with E-state index in [2.05, 4.69) is 4.90 Å². The molecule has 1 aliphatic heterocycles. The lowest BCUT2D eigenvalue weighted by molar-refractivity contribution is 0.0898. The smallest absolute Gasteiger partial charge is 0.0502 e. The van der Waals surface area contributed by atoms with Crippen LogP contribution in [0.2, 0.25) is 0 Å². The van der Waals surface area contributed by atoms with Crippen molar-refractivity contribution in [2.75, 3.05) is 39.2 Å². The quantitative estimate of drug-likeness (QED) is 0.483. The summed E-state index contributed by atoms with van der Waals surface area (Å²) in [6.07, 6.45) is 7.81. The van der Waals surface area contributed by atoms with Crippen LogP contribution in [-0.2, 0) is 4.74 Å². The van der Waals surface area contributed by atoms with Crippen LogP contribution in [0, 0.1) is 5.92 Å². The number of hydrogen-bond donors (Lipinski definition) is 0. The summed E-state index contributed by atoms with van der Waals surface area (Å²) in [5.74, 6) is 1.58. The summed E-state index contributed by atoms with van der Waals surface area (Å²) in [7, 11) is 1.81. The number of ether oxygens (including phenoxy) is 1. The Labute approximate surface area is 105 Å². The first-order valence-corrected chi connectivity index (χ1v) is 7.17. The molecule has 0 spiro atoms. The van der Waals surface area contributed by atoms with E-state index in [9.17, 15) is 0 Å². The molecule has 0 aromatic rings. The van der Waals surface area contributed by atoms with E-state index in [0.717, 1.165) is 18.4 Å². The van der Waals surface area contributed by atoms with E-state index in [1.54, 1.807) is 0 Å². The van der Waals surface area contributed by atoms with Gasteiger partial charge in [-0.2, -0.15) is 0 Å². The molecular weight excluding hydrogens is 222 g/mol. The van der Waals surface area contributed by atoms with Crippen molar-refractivity contribution in [2.24, 2.45) is 5.92 Å². The first kappa shape index (κ1) is 14.3. The molecule has 0 radical (unpaired) electrons. The Morgan fingerprint density at radius 2 is 2.06 bits per heavy atom. The highest BCUT2D eigenvalue weighted by Crippen LogP contribution is 2.17. The first-order chi connectivity index (χ1) is 7.86. The highest BCUT2D eigenvalue weighted by molar-refractivity contribution is 6.17. The normalized spacial score (nSPS) is 22.5. The summed E-state index contributed by atoms with van der Waals surface area (Å²) in [4.78, 5) is 2.61. The van der Waals surface area contributed by atoms with Crippen molar-refractivity contribution in [3.8, 4) is 0 Å². The minimum Gasteiger partial charge on any atom is -0.384 e. The van der Waals surface area contributed by atoms with Crippen molar-refractivity contribution < 1.29 is 4.74 Å². The van der Waals surface area contributed by atoms with E-state index in [1.807, 2.05) is 7.11 Å². The van der Waals surface area contributed by atoms with E-state index in [1.165, 1.54) is 58.2 Å². The Bertz CT molecular complexity index is 164. The van der Waals surface area contributed by atoms with Crippen molar-refractivity contribution in [3.05, 3.63) is 0 Å². The summed E-state index contributed by atoms with van der Waals surface area (Å²) in [6, 6.07) is 0. The lowest BCUT2D eigenvalue weighted by atomic mass is 9.98. The maximum atomic E-state index is 5.66. The Morgan fingerprint density at radius 3 is 2.81 bits per heavy atom. The zero-order chi connectivity index (χ0) is 11.6. The molecule has 1 atom stereocenters. The largest absolute Gasteiger partial charge is 0.384 e. The second-order valence-corrected chi connectivity index (χ2v) is 5.25. The lowest BCUT2D eigenvalue weighted by Crippen LogP contribution is -2.37. The second kappa shape index (κ2) is 9.26. The van der Waals surface area contributed by atoms with Gasteiger partial charge in [0.15, 0.2) is 0 Å². The third-order valence-electron chi connectivity index (χ3n) is 3.36. The topological polar surface area (TPSA) is 12.5 Å². The van der Waals surface area contributed by atoms with E-state index in [0.29, 0.717) is 0 Å². The second-order valence-electron chi connectivity index (χ2n) is 4.87. The number of likely N-dealkylation sites (tertiary alicyclic amines) is 1. The van der Waals surface area contributed by atoms with Crippen molar-refractivity contribution in [1.29, 1.82) is 0 Å². The predicted octanol–water partition coefficient (Wildman–Crippen LogP) is 3.14. The third kappa shape index (κ3) is 6.07. The molecule has 3 heteroatoms. The molecule has 1 rings (SSSR count). The molecule has 0 bridgehead atoms. The SMILES string of the molecule is COCC1CCCN(CCCCCCCl)C1. The van der Waals surface area contributed by atoms with Gasteiger partial charge in [-0.25, -0.2) is 0 Å². The molecule has 0 aromatic heterocycles. The van der Waals surface area contributed by atoms with Gasteiger partial charge in [0.25, 0.3) is 0 Å². The number of rotatable bonds is 8. The number of nitrogens with zero attached hydrogens (tertiary/aromatic N) is 1. The number of halogens is 1. The fourth-order valence-electron chi connectivity index (χ4n) is 2.51. The number of methoxy groups -OCH3 is 1. The fourth-order valence-corrected chi connectivity index (χ4v) is 2.70. The summed E-state index contributed by atoms with van der Waals surface area (Å²) in [6.45, 7) is 4.73. The van der Waals surface area contributed by atoms with Gasteiger partial charge in [-0.1, -0.05) is 12.8 Å². The van der Waals surface area contributed by atoms with Gasteiger partial charge in [0.05, 0.1) is 6.61 Å². The molecule has 1 fully saturated rings. The Kier molecular flexibility index (Phi) is 8.26. The molecule has 0 amide bonds. The van der Waals surface area contributed by atoms with Crippen LogP contribution in [-0.4, -0.2) is 44.1 Å². The maximum Gasteiger partial charge on any atom is 0.0502 e.